The van der Waals surface area contributed by atoms with Crippen LogP contribution in [-0.4, -0.2) is 16.5 Å². The maximum absolute atomic E-state index is 11.0. The number of hydrogen-bond donors (Lipinski definition) is 1. The Kier molecular flexibility index (Phi) is 4.76. The van der Waals surface area contributed by atoms with Crippen molar-refractivity contribution in [1.82, 2.24) is 0 Å². The highest BCUT2D eigenvalue weighted by Crippen LogP contribution is 2.24. The molecule has 0 saturated carbocycles. The zero-order valence-corrected chi connectivity index (χ0v) is 9.41. The maximum Gasteiger partial charge on any atom is 0.158 e. The summed E-state index contributed by atoms with van der Waals surface area (Å²) in [7, 11) is 0. The van der Waals surface area contributed by atoms with E-state index in [1.807, 2.05) is 6.08 Å². The van der Waals surface area contributed by atoms with E-state index in [0.29, 0.717) is 6.42 Å². The van der Waals surface area contributed by atoms with E-state index in [2.05, 4.69) is 13.0 Å². The van der Waals surface area contributed by atoms with Gasteiger partial charge in [0.05, 0.1) is 5.60 Å². The molecule has 2 nitrogen and oxygen atoms in total. The highest BCUT2D eigenvalue weighted by atomic mass is 16.3. The van der Waals surface area contributed by atoms with Crippen molar-refractivity contribution < 1.29 is 9.90 Å². The molecule has 1 atom stereocenters. The number of aliphatic hydroxyl groups is 1. The third-order valence-corrected chi connectivity index (χ3v) is 2.67. The lowest BCUT2D eigenvalue weighted by Crippen LogP contribution is -2.23. The van der Waals surface area contributed by atoms with Crippen molar-refractivity contribution in [2.24, 2.45) is 0 Å². The second-order valence-electron chi connectivity index (χ2n) is 4.25. The van der Waals surface area contributed by atoms with Gasteiger partial charge in [-0.2, -0.15) is 0 Å². The summed E-state index contributed by atoms with van der Waals surface area (Å²) in [5, 5.41) is 9.91. The van der Waals surface area contributed by atoms with E-state index in [4.69, 9.17) is 0 Å². The van der Waals surface area contributed by atoms with Crippen molar-refractivity contribution in [3.8, 4) is 0 Å². The molecule has 0 radical (unpaired) electrons. The molecule has 1 N–H and O–H groups in total. The van der Waals surface area contributed by atoms with E-state index in [1.165, 1.54) is 25.3 Å². The zero-order chi connectivity index (χ0) is 11.1. The first-order chi connectivity index (χ1) is 7.16. The molecule has 0 aromatic rings. The molecule has 0 saturated heterocycles. The van der Waals surface area contributed by atoms with Crippen LogP contribution >= 0.6 is 0 Å². The molecular formula is C13H20O2. The molecule has 2 heteroatoms. The number of ketones is 1. The Bertz CT molecular complexity index is 266. The van der Waals surface area contributed by atoms with Gasteiger partial charge < -0.3 is 5.11 Å². The molecule has 15 heavy (non-hydrogen) atoms. The Morgan fingerprint density at radius 3 is 2.87 bits per heavy atom. The number of allylic oxidation sites excluding steroid dienone is 2. The lowest BCUT2D eigenvalue weighted by molar-refractivity contribution is -0.116. The molecular weight excluding hydrogens is 188 g/mol. The minimum Gasteiger partial charge on any atom is -0.385 e. The number of carbonyl (C=O) groups excluding carboxylic acids is 1. The molecule has 0 unspecified atom stereocenters. The third kappa shape index (κ3) is 4.43. The topological polar surface area (TPSA) is 37.3 Å². The monoisotopic (exact) mass is 208 g/mol. The van der Waals surface area contributed by atoms with Crippen molar-refractivity contribution >= 4 is 5.78 Å². The first-order valence-corrected chi connectivity index (χ1v) is 5.76. The summed E-state index contributed by atoms with van der Waals surface area (Å²) >= 11 is 0. The van der Waals surface area contributed by atoms with Gasteiger partial charge in [0, 0.05) is 6.42 Å². The fraction of sp³-hybridized carbons (Fsp3) is 0.615. The Morgan fingerprint density at radius 2 is 2.27 bits per heavy atom. The predicted octanol–water partition coefficient (Wildman–Crippen LogP) is 2.77. The third-order valence-electron chi connectivity index (χ3n) is 2.67. The van der Waals surface area contributed by atoms with Gasteiger partial charge in [-0.05, 0) is 31.4 Å². The van der Waals surface area contributed by atoms with Crippen LogP contribution < -0.4 is 0 Å². The van der Waals surface area contributed by atoms with Crippen LogP contribution in [0.25, 0.3) is 0 Å². The van der Waals surface area contributed by atoms with Crippen LogP contribution in [-0.2, 0) is 4.79 Å². The quantitative estimate of drug-likeness (QED) is 0.538. The van der Waals surface area contributed by atoms with Gasteiger partial charge in [0.2, 0.25) is 0 Å². The van der Waals surface area contributed by atoms with Crippen LogP contribution in [0, 0.1) is 0 Å². The molecule has 84 valence electrons. The molecule has 0 aromatic heterocycles. The smallest absolute Gasteiger partial charge is 0.158 e. The molecule has 1 aliphatic rings. The minimum absolute atomic E-state index is 0.0249. The summed E-state index contributed by atoms with van der Waals surface area (Å²) in [5.74, 6) is 0.0249. The van der Waals surface area contributed by atoms with Crippen molar-refractivity contribution in [2.45, 2.75) is 51.0 Å². The Balaban J connectivity index is 2.19. The molecule has 0 amide bonds. The number of rotatable bonds is 6. The van der Waals surface area contributed by atoms with Gasteiger partial charge in [0.15, 0.2) is 5.78 Å². The summed E-state index contributed by atoms with van der Waals surface area (Å²) in [5.41, 5.74) is -0.904. The van der Waals surface area contributed by atoms with Gasteiger partial charge in [-0.25, -0.2) is 0 Å². The number of hydrogen-bond acceptors (Lipinski definition) is 2. The van der Waals surface area contributed by atoms with Crippen LogP contribution in [0.1, 0.15) is 45.4 Å². The first-order valence-electron chi connectivity index (χ1n) is 5.76. The van der Waals surface area contributed by atoms with Gasteiger partial charge in [0.25, 0.3) is 0 Å². The highest BCUT2D eigenvalue weighted by molar-refractivity contribution is 5.93. The molecule has 0 heterocycles. The van der Waals surface area contributed by atoms with E-state index in [0.717, 1.165) is 6.42 Å². The standard InChI is InChI=1S/C13H20O2/c1-2-3-4-5-6-7-9-13(15)10-8-12(14)11-13/h6-8,10,15H,2-5,9,11H2,1H3/b7-6+/t13-/m0/s1. The van der Waals surface area contributed by atoms with Gasteiger partial charge in [-0.15, -0.1) is 0 Å². The summed E-state index contributed by atoms with van der Waals surface area (Å²) in [4.78, 5) is 11.0. The fourth-order valence-electron chi connectivity index (χ4n) is 1.73. The molecule has 1 aliphatic carbocycles. The van der Waals surface area contributed by atoms with Gasteiger partial charge >= 0.3 is 0 Å². The Morgan fingerprint density at radius 1 is 1.47 bits per heavy atom. The average molecular weight is 208 g/mol. The lowest BCUT2D eigenvalue weighted by atomic mass is 9.98. The van der Waals surface area contributed by atoms with Crippen LogP contribution in [0.2, 0.25) is 0 Å². The van der Waals surface area contributed by atoms with Crippen LogP contribution in [0.4, 0.5) is 0 Å². The van der Waals surface area contributed by atoms with Gasteiger partial charge in [-0.3, -0.25) is 4.79 Å². The summed E-state index contributed by atoms with van der Waals surface area (Å²) in [6, 6.07) is 0. The van der Waals surface area contributed by atoms with Gasteiger partial charge in [-0.1, -0.05) is 31.9 Å². The van der Waals surface area contributed by atoms with Crippen molar-refractivity contribution in [2.75, 3.05) is 0 Å². The van der Waals surface area contributed by atoms with E-state index < -0.39 is 5.60 Å². The summed E-state index contributed by atoms with van der Waals surface area (Å²) < 4.78 is 0. The predicted molar refractivity (Wildman–Crippen MR) is 61.6 cm³/mol. The average Bonchev–Trinajstić information content (AvgIpc) is 2.53. The molecule has 1 rings (SSSR count). The Hall–Kier alpha value is -0.890. The SMILES string of the molecule is CCCCC/C=C/C[C@]1(O)C=CC(=O)C1. The van der Waals surface area contributed by atoms with Crippen molar-refractivity contribution in [3.05, 3.63) is 24.3 Å². The van der Waals surface area contributed by atoms with Crippen molar-refractivity contribution in [3.63, 3.8) is 0 Å². The molecule has 0 aromatic carbocycles. The first kappa shape index (κ1) is 12.2. The lowest BCUT2D eigenvalue weighted by Gasteiger charge is -2.16. The maximum atomic E-state index is 11.0. The summed E-state index contributed by atoms with van der Waals surface area (Å²) in [6.45, 7) is 2.18. The zero-order valence-electron chi connectivity index (χ0n) is 9.41. The largest absolute Gasteiger partial charge is 0.385 e. The van der Waals surface area contributed by atoms with E-state index >= 15 is 0 Å². The second kappa shape index (κ2) is 5.86. The van der Waals surface area contributed by atoms with E-state index in [1.54, 1.807) is 6.08 Å². The number of unbranched alkanes of at least 4 members (excludes halogenated alkanes) is 3. The molecule has 0 bridgehead atoms. The highest BCUT2D eigenvalue weighted by Gasteiger charge is 2.29. The number of carbonyl (C=O) groups is 1. The minimum atomic E-state index is -0.904. The second-order valence-corrected chi connectivity index (χ2v) is 4.25. The van der Waals surface area contributed by atoms with E-state index in [9.17, 15) is 9.90 Å². The normalized spacial score (nSPS) is 25.6. The Labute approximate surface area is 91.7 Å². The molecule has 0 fully saturated rings. The van der Waals surface area contributed by atoms with Crippen LogP contribution in [0.3, 0.4) is 0 Å². The summed E-state index contributed by atoms with van der Waals surface area (Å²) in [6.07, 6.45) is 12.7. The van der Waals surface area contributed by atoms with Crippen molar-refractivity contribution in [1.29, 1.82) is 0 Å². The van der Waals surface area contributed by atoms with Crippen LogP contribution in [0.5, 0.6) is 0 Å². The molecule has 0 aliphatic heterocycles. The van der Waals surface area contributed by atoms with Crippen LogP contribution in [0.15, 0.2) is 24.3 Å². The van der Waals surface area contributed by atoms with E-state index in [-0.39, 0.29) is 12.2 Å². The molecule has 0 spiro atoms. The fourth-order valence-corrected chi connectivity index (χ4v) is 1.73. The van der Waals surface area contributed by atoms with Gasteiger partial charge in [0.1, 0.15) is 0 Å².